The van der Waals surface area contributed by atoms with Crippen molar-refractivity contribution in [2.75, 3.05) is 33.2 Å². The van der Waals surface area contributed by atoms with Gasteiger partial charge in [0.2, 0.25) is 5.37 Å². The molecule has 1 unspecified atom stereocenters. The number of hydrogen-bond acceptors (Lipinski definition) is 8. The summed E-state index contributed by atoms with van der Waals surface area (Å²) in [6.07, 6.45) is 6.73. The van der Waals surface area contributed by atoms with Crippen LogP contribution in [0.15, 0.2) is 0 Å². The van der Waals surface area contributed by atoms with Crippen LogP contribution in [0.3, 0.4) is 0 Å². The van der Waals surface area contributed by atoms with Gasteiger partial charge in [-0.05, 0) is 59.3 Å². The molecule has 43 heavy (non-hydrogen) atoms. The van der Waals surface area contributed by atoms with Crippen molar-refractivity contribution in [3.63, 3.8) is 0 Å². The van der Waals surface area contributed by atoms with E-state index in [0.29, 0.717) is 30.2 Å². The molecular weight excluding hydrogens is 578 g/mol. The molecule has 0 radical (unpaired) electrons. The Hall–Kier alpha value is -2.16. The minimum absolute atomic E-state index is 0. The Kier molecular flexibility index (Phi) is 15.2. The van der Waals surface area contributed by atoms with Crippen molar-refractivity contribution >= 4 is 28.1 Å². The average Bonchev–Trinajstić information content (AvgIpc) is 3.14. The number of urea groups is 1. The molecule has 2 rings (SSSR count). The Morgan fingerprint density at radius 3 is 2.00 bits per heavy atom. The quantitative estimate of drug-likeness (QED) is 0.191. The molecule has 0 aromatic heterocycles. The molecule has 2 aliphatic rings. The number of nitrogens with zero attached hydrogens (tertiary/aromatic N) is 4. The molecule has 252 valence electrons. The fourth-order valence-electron chi connectivity index (χ4n) is 5.91. The summed E-state index contributed by atoms with van der Waals surface area (Å²) >= 11 is 0. The van der Waals surface area contributed by atoms with Crippen LogP contribution in [-0.2, 0) is 23.9 Å². The summed E-state index contributed by atoms with van der Waals surface area (Å²) in [6.45, 7) is 15.9. The van der Waals surface area contributed by atoms with E-state index in [1.807, 2.05) is 6.92 Å². The Labute approximate surface area is 259 Å². The number of amides is 4. The van der Waals surface area contributed by atoms with E-state index in [2.05, 4.69) is 26.2 Å². The lowest BCUT2D eigenvalue weighted by Crippen LogP contribution is -2.61. The summed E-state index contributed by atoms with van der Waals surface area (Å²) in [6, 6.07) is -1.99. The smallest absolute Gasteiger partial charge is 0.428 e. The van der Waals surface area contributed by atoms with Crippen molar-refractivity contribution in [1.29, 1.82) is 0 Å². The third-order valence-electron chi connectivity index (χ3n) is 8.11. The van der Waals surface area contributed by atoms with Crippen LogP contribution in [0.4, 0.5) is 9.59 Å². The summed E-state index contributed by atoms with van der Waals surface area (Å²) in [4.78, 5) is 40.3. The maximum absolute atomic E-state index is 14.1. The second-order valence-electron chi connectivity index (χ2n) is 12.8. The predicted molar refractivity (Wildman–Crippen MR) is 163 cm³/mol. The first-order valence-electron chi connectivity index (χ1n) is 15.8. The van der Waals surface area contributed by atoms with E-state index >= 15 is 0 Å². The molecule has 0 aliphatic carbocycles. The van der Waals surface area contributed by atoms with Gasteiger partial charge in [0.25, 0.3) is 5.91 Å². The average molecular weight is 636 g/mol. The van der Waals surface area contributed by atoms with Crippen LogP contribution >= 0.6 is 0 Å². The number of hydroxylamine groups is 2. The lowest BCUT2D eigenvalue weighted by atomic mass is 10.0. The highest BCUT2D eigenvalue weighted by atomic mass is 32.2. The number of ether oxygens (including phenoxy) is 1. The molecule has 0 aromatic carbocycles. The third kappa shape index (κ3) is 10.2. The molecule has 2 aliphatic heterocycles. The fourth-order valence-corrected chi connectivity index (χ4v) is 7.80. The van der Waals surface area contributed by atoms with Crippen LogP contribution in [0.5, 0.6) is 0 Å². The summed E-state index contributed by atoms with van der Waals surface area (Å²) in [7, 11) is -2.82. The Morgan fingerprint density at radius 1 is 1.00 bits per heavy atom. The van der Waals surface area contributed by atoms with Crippen LogP contribution in [0.2, 0.25) is 0 Å². The van der Waals surface area contributed by atoms with Crippen molar-refractivity contribution in [2.45, 2.75) is 136 Å². The van der Waals surface area contributed by atoms with Gasteiger partial charge < -0.3 is 19.6 Å². The molecule has 0 spiro atoms. The first kappa shape index (κ1) is 38.9. The van der Waals surface area contributed by atoms with Crippen molar-refractivity contribution < 1.29 is 41.8 Å². The number of carbonyl (C=O) groups is 3. The Morgan fingerprint density at radius 2 is 1.53 bits per heavy atom. The highest BCUT2D eigenvalue weighted by Gasteiger charge is 2.53. The lowest BCUT2D eigenvalue weighted by molar-refractivity contribution is -0.939. The van der Waals surface area contributed by atoms with Gasteiger partial charge >= 0.3 is 22.2 Å². The Balaban J connectivity index is 0.00000924. The molecule has 4 amide bonds. The molecular formula is C29H57N5O8S. The van der Waals surface area contributed by atoms with Gasteiger partial charge in [-0.25, -0.2) is 14.6 Å². The van der Waals surface area contributed by atoms with Crippen LogP contribution in [0.25, 0.3) is 0 Å². The maximum atomic E-state index is 14.1. The zero-order chi connectivity index (χ0) is 31.7. The molecule has 2 heterocycles. The van der Waals surface area contributed by atoms with Gasteiger partial charge in [0.15, 0.2) is 0 Å². The zero-order valence-electron chi connectivity index (χ0n) is 27.6. The summed E-state index contributed by atoms with van der Waals surface area (Å²) in [5.41, 5.74) is 1.76. The summed E-state index contributed by atoms with van der Waals surface area (Å²) < 4.78 is 39.7. The first-order valence-corrected chi connectivity index (χ1v) is 17.3. The molecule has 3 atom stereocenters. The minimum Gasteiger partial charge on any atom is -0.870 e. The molecule has 2 saturated heterocycles. The van der Waals surface area contributed by atoms with Crippen molar-refractivity contribution in [2.24, 2.45) is 0 Å². The number of piperidine rings is 1. The number of fused-ring (bicyclic) bond motifs is 2. The first-order chi connectivity index (χ1) is 19.7. The number of nitrogens with one attached hydrogen (secondary N) is 1. The standard InChI is InChI=1S/C29H55N5O7S.H2O/c1-9-13-19-34(20-14-10-2,21-15-11-3)25(16-12-4)42(38,39)41-33-23-17-18-24(32(22-23)27(33)36)26(35)30-31(8)28(37)40-29(5,6)7;/h23-25H,9-22H2,1-8H3;1H2/t23-,24+,25?;/m1./s1. The number of hydrogen-bond donors (Lipinski definition) is 1. The minimum atomic E-state index is -4.19. The van der Waals surface area contributed by atoms with Gasteiger partial charge in [-0.3, -0.25) is 10.2 Å². The largest absolute Gasteiger partial charge is 0.870 e. The third-order valence-corrected chi connectivity index (χ3v) is 9.82. The predicted octanol–water partition coefficient (Wildman–Crippen LogP) is 4.58. The number of carbonyl (C=O) groups excluding carboxylic acids is 3. The molecule has 14 heteroatoms. The number of quaternary nitrogens is 1. The van der Waals surface area contributed by atoms with Gasteiger partial charge in [0, 0.05) is 20.0 Å². The molecule has 2 N–H and O–H groups in total. The lowest BCUT2D eigenvalue weighted by Gasteiger charge is -2.44. The van der Waals surface area contributed by atoms with E-state index in [1.54, 1.807) is 20.8 Å². The topological polar surface area (TPSA) is 156 Å². The van der Waals surface area contributed by atoms with Crippen molar-refractivity contribution in [3.05, 3.63) is 0 Å². The van der Waals surface area contributed by atoms with Crippen molar-refractivity contribution in [1.82, 2.24) is 20.4 Å². The fraction of sp³-hybridized carbons (Fsp3) is 0.897. The monoisotopic (exact) mass is 635 g/mol. The van der Waals surface area contributed by atoms with E-state index in [4.69, 9.17) is 9.02 Å². The van der Waals surface area contributed by atoms with E-state index < -0.39 is 51.2 Å². The SMILES string of the molecule is CCCC[N+](CCCC)(CCCC)C(CCC)S(=O)(=O)ON1C(=O)N2C[C@H]1CC[C@H]2C(=O)NN(C)C(=O)OC(C)(C)C.[OH-]. The summed E-state index contributed by atoms with van der Waals surface area (Å²) in [5, 5.41) is 1.16. The molecule has 2 bridgehead atoms. The zero-order valence-corrected chi connectivity index (χ0v) is 28.5. The van der Waals surface area contributed by atoms with Crippen LogP contribution < -0.4 is 5.43 Å². The molecule has 0 saturated carbocycles. The van der Waals surface area contributed by atoms with E-state index in [-0.39, 0.29) is 12.0 Å². The van der Waals surface area contributed by atoms with Gasteiger partial charge in [-0.1, -0.05) is 47.0 Å². The van der Waals surface area contributed by atoms with Crippen molar-refractivity contribution in [3.8, 4) is 0 Å². The Bertz CT molecular complexity index is 997. The van der Waals surface area contributed by atoms with Gasteiger partial charge in [0.1, 0.15) is 11.6 Å². The number of unbranched alkanes of at least 4 members (excludes halogenated alkanes) is 3. The molecule has 2 fully saturated rings. The van der Waals surface area contributed by atoms with Gasteiger partial charge in [0.05, 0.1) is 25.7 Å². The van der Waals surface area contributed by atoms with Crippen LogP contribution in [-0.4, -0.2) is 108 Å². The van der Waals surface area contributed by atoms with Gasteiger partial charge in [-0.15, -0.1) is 4.28 Å². The maximum Gasteiger partial charge on any atom is 0.428 e. The van der Waals surface area contributed by atoms with E-state index in [1.165, 1.54) is 11.9 Å². The normalized spacial score (nSPS) is 19.6. The highest BCUT2D eigenvalue weighted by Crippen LogP contribution is 2.34. The summed E-state index contributed by atoms with van der Waals surface area (Å²) in [5.74, 6) is -0.543. The van der Waals surface area contributed by atoms with Crippen LogP contribution in [0.1, 0.15) is 113 Å². The number of hydrazine groups is 1. The molecule has 13 nitrogen and oxygen atoms in total. The van der Waals surface area contributed by atoms with Gasteiger partial charge in [-0.2, -0.15) is 13.5 Å². The second-order valence-corrected chi connectivity index (χ2v) is 14.5. The number of rotatable bonds is 16. The van der Waals surface area contributed by atoms with E-state index in [0.717, 1.165) is 68.2 Å². The second kappa shape index (κ2) is 16.8. The highest BCUT2D eigenvalue weighted by molar-refractivity contribution is 7.87. The van der Waals surface area contributed by atoms with E-state index in [9.17, 15) is 22.8 Å². The van der Waals surface area contributed by atoms with Crippen LogP contribution in [0, 0.1) is 0 Å². The molecule has 0 aromatic rings.